The third-order valence-corrected chi connectivity index (χ3v) is 2.96. The SMILES string of the molecule is CCC(=O)NC1CCSCC1. The molecule has 0 spiro atoms. The van der Waals surface area contributed by atoms with Crippen LogP contribution in [0, 0.1) is 0 Å². The van der Waals surface area contributed by atoms with Crippen molar-refractivity contribution in [2.45, 2.75) is 32.2 Å². The van der Waals surface area contributed by atoms with Crippen LogP contribution in [0.3, 0.4) is 0 Å². The number of thioether (sulfide) groups is 1. The number of rotatable bonds is 2. The molecule has 1 heterocycles. The fourth-order valence-electron chi connectivity index (χ4n) is 1.17. The quantitative estimate of drug-likeness (QED) is 0.684. The van der Waals surface area contributed by atoms with Crippen molar-refractivity contribution < 1.29 is 4.79 Å². The summed E-state index contributed by atoms with van der Waals surface area (Å²) in [4.78, 5) is 11.0. The molecule has 0 aromatic heterocycles. The Balaban J connectivity index is 2.19. The molecule has 0 bridgehead atoms. The van der Waals surface area contributed by atoms with Gasteiger partial charge in [0, 0.05) is 12.5 Å². The Labute approximate surface area is 72.1 Å². The Kier molecular flexibility index (Phi) is 3.77. The van der Waals surface area contributed by atoms with Crippen LogP contribution in [0.15, 0.2) is 0 Å². The number of nitrogens with one attached hydrogen (secondary N) is 1. The minimum atomic E-state index is 0.196. The number of carbonyl (C=O) groups excluding carboxylic acids is 1. The standard InChI is InChI=1S/C8H15NOS/c1-2-8(10)9-7-3-5-11-6-4-7/h7H,2-6H2,1H3,(H,9,10). The van der Waals surface area contributed by atoms with Crippen molar-refractivity contribution in [3.05, 3.63) is 0 Å². The zero-order valence-corrected chi connectivity index (χ0v) is 7.75. The van der Waals surface area contributed by atoms with Gasteiger partial charge in [0.05, 0.1) is 0 Å². The maximum absolute atomic E-state index is 11.0. The Hall–Kier alpha value is -0.180. The topological polar surface area (TPSA) is 29.1 Å². The van der Waals surface area contributed by atoms with Gasteiger partial charge in [0.25, 0.3) is 0 Å². The van der Waals surface area contributed by atoms with E-state index in [0.29, 0.717) is 12.5 Å². The molecule has 0 aliphatic carbocycles. The molecule has 2 nitrogen and oxygen atoms in total. The third-order valence-electron chi connectivity index (χ3n) is 1.91. The van der Waals surface area contributed by atoms with Crippen molar-refractivity contribution >= 4 is 17.7 Å². The van der Waals surface area contributed by atoms with Crippen LogP contribution in [-0.4, -0.2) is 23.5 Å². The highest BCUT2D eigenvalue weighted by Crippen LogP contribution is 2.16. The summed E-state index contributed by atoms with van der Waals surface area (Å²) in [5, 5.41) is 3.02. The van der Waals surface area contributed by atoms with Crippen molar-refractivity contribution in [3.63, 3.8) is 0 Å². The van der Waals surface area contributed by atoms with Gasteiger partial charge in [-0.1, -0.05) is 6.92 Å². The first-order valence-corrected chi connectivity index (χ1v) is 5.35. The van der Waals surface area contributed by atoms with Crippen molar-refractivity contribution in [1.82, 2.24) is 5.32 Å². The molecule has 0 aromatic carbocycles. The van der Waals surface area contributed by atoms with Crippen molar-refractivity contribution in [1.29, 1.82) is 0 Å². The van der Waals surface area contributed by atoms with Crippen LogP contribution in [0.5, 0.6) is 0 Å². The average Bonchev–Trinajstić information content (AvgIpc) is 2.06. The summed E-state index contributed by atoms with van der Waals surface area (Å²) >= 11 is 1.98. The second kappa shape index (κ2) is 4.65. The van der Waals surface area contributed by atoms with Gasteiger partial charge in [-0.2, -0.15) is 11.8 Å². The maximum atomic E-state index is 11.0. The van der Waals surface area contributed by atoms with E-state index in [1.54, 1.807) is 0 Å². The van der Waals surface area contributed by atoms with E-state index in [1.807, 2.05) is 18.7 Å². The second-order valence-corrected chi connectivity index (χ2v) is 4.03. The normalized spacial score (nSPS) is 19.7. The lowest BCUT2D eigenvalue weighted by Gasteiger charge is -2.22. The van der Waals surface area contributed by atoms with E-state index in [9.17, 15) is 4.79 Å². The van der Waals surface area contributed by atoms with E-state index in [2.05, 4.69) is 5.32 Å². The molecule has 3 heteroatoms. The molecule has 0 aromatic rings. The molecular formula is C8H15NOS. The molecular weight excluding hydrogens is 158 g/mol. The van der Waals surface area contributed by atoms with E-state index in [0.717, 1.165) is 12.8 Å². The highest BCUT2D eigenvalue weighted by atomic mass is 32.2. The van der Waals surface area contributed by atoms with Gasteiger partial charge in [-0.05, 0) is 24.3 Å². The Morgan fingerprint density at radius 1 is 1.55 bits per heavy atom. The maximum Gasteiger partial charge on any atom is 0.219 e. The molecule has 1 fully saturated rings. The van der Waals surface area contributed by atoms with Crippen LogP contribution >= 0.6 is 11.8 Å². The molecule has 1 aliphatic rings. The summed E-state index contributed by atoms with van der Waals surface area (Å²) in [5.41, 5.74) is 0. The summed E-state index contributed by atoms with van der Waals surface area (Å²) in [7, 11) is 0. The highest BCUT2D eigenvalue weighted by Gasteiger charge is 2.14. The molecule has 11 heavy (non-hydrogen) atoms. The second-order valence-electron chi connectivity index (χ2n) is 2.81. The molecule has 1 saturated heterocycles. The zero-order chi connectivity index (χ0) is 8.10. The molecule has 0 radical (unpaired) electrons. The Morgan fingerprint density at radius 2 is 2.18 bits per heavy atom. The predicted molar refractivity (Wildman–Crippen MR) is 48.8 cm³/mol. The van der Waals surface area contributed by atoms with Crippen molar-refractivity contribution in [2.75, 3.05) is 11.5 Å². The molecule has 0 unspecified atom stereocenters. The van der Waals surface area contributed by atoms with Gasteiger partial charge in [-0.15, -0.1) is 0 Å². The monoisotopic (exact) mass is 173 g/mol. The number of hydrogen-bond acceptors (Lipinski definition) is 2. The van der Waals surface area contributed by atoms with Crippen LogP contribution in [0.1, 0.15) is 26.2 Å². The van der Waals surface area contributed by atoms with E-state index in [1.165, 1.54) is 11.5 Å². The van der Waals surface area contributed by atoms with Crippen LogP contribution in [0.2, 0.25) is 0 Å². The van der Waals surface area contributed by atoms with Gasteiger partial charge in [0.2, 0.25) is 5.91 Å². The van der Waals surface area contributed by atoms with Gasteiger partial charge in [0.1, 0.15) is 0 Å². The molecule has 1 rings (SSSR count). The minimum absolute atomic E-state index is 0.196. The summed E-state index contributed by atoms with van der Waals surface area (Å²) in [6, 6.07) is 0.462. The largest absolute Gasteiger partial charge is 0.353 e. The first-order chi connectivity index (χ1) is 5.33. The van der Waals surface area contributed by atoms with Gasteiger partial charge >= 0.3 is 0 Å². The molecule has 1 aliphatic heterocycles. The van der Waals surface area contributed by atoms with Gasteiger partial charge in [-0.25, -0.2) is 0 Å². The fourth-order valence-corrected chi connectivity index (χ4v) is 2.28. The minimum Gasteiger partial charge on any atom is -0.353 e. The predicted octanol–water partition coefficient (Wildman–Crippen LogP) is 1.41. The summed E-state index contributed by atoms with van der Waals surface area (Å²) in [6.07, 6.45) is 2.91. The van der Waals surface area contributed by atoms with Crippen molar-refractivity contribution in [2.24, 2.45) is 0 Å². The zero-order valence-electron chi connectivity index (χ0n) is 6.93. The van der Waals surface area contributed by atoms with Gasteiger partial charge < -0.3 is 5.32 Å². The van der Waals surface area contributed by atoms with Gasteiger partial charge in [0.15, 0.2) is 0 Å². The molecule has 0 atom stereocenters. The number of amides is 1. The average molecular weight is 173 g/mol. The summed E-state index contributed by atoms with van der Waals surface area (Å²) < 4.78 is 0. The number of carbonyl (C=O) groups is 1. The van der Waals surface area contributed by atoms with Crippen LogP contribution < -0.4 is 5.32 Å². The Bertz CT molecular complexity index is 132. The van der Waals surface area contributed by atoms with E-state index in [-0.39, 0.29) is 5.91 Å². The molecule has 64 valence electrons. The van der Waals surface area contributed by atoms with Gasteiger partial charge in [-0.3, -0.25) is 4.79 Å². The van der Waals surface area contributed by atoms with E-state index in [4.69, 9.17) is 0 Å². The lowest BCUT2D eigenvalue weighted by Crippen LogP contribution is -2.36. The van der Waals surface area contributed by atoms with Crippen LogP contribution in [0.4, 0.5) is 0 Å². The van der Waals surface area contributed by atoms with Crippen LogP contribution in [-0.2, 0) is 4.79 Å². The smallest absolute Gasteiger partial charge is 0.219 e. The Morgan fingerprint density at radius 3 is 2.73 bits per heavy atom. The summed E-state index contributed by atoms with van der Waals surface area (Å²) in [6.45, 7) is 1.90. The third kappa shape index (κ3) is 3.14. The first-order valence-electron chi connectivity index (χ1n) is 4.20. The van der Waals surface area contributed by atoms with Crippen molar-refractivity contribution in [3.8, 4) is 0 Å². The summed E-state index contributed by atoms with van der Waals surface area (Å²) in [5.74, 6) is 2.60. The molecule has 1 N–H and O–H groups in total. The molecule has 0 saturated carbocycles. The van der Waals surface area contributed by atoms with E-state index < -0.39 is 0 Å². The fraction of sp³-hybridized carbons (Fsp3) is 0.875. The lowest BCUT2D eigenvalue weighted by molar-refractivity contribution is -0.121. The number of hydrogen-bond donors (Lipinski definition) is 1. The molecule has 1 amide bonds. The highest BCUT2D eigenvalue weighted by molar-refractivity contribution is 7.99. The lowest BCUT2D eigenvalue weighted by atomic mass is 10.1. The van der Waals surface area contributed by atoms with E-state index >= 15 is 0 Å². The van der Waals surface area contributed by atoms with Crippen LogP contribution in [0.25, 0.3) is 0 Å². The first kappa shape index (κ1) is 8.91.